The molecule has 4 aromatic carbocycles. The van der Waals surface area contributed by atoms with Crippen LogP contribution in [0.1, 0.15) is 60.5 Å². The van der Waals surface area contributed by atoms with E-state index in [0.717, 1.165) is 32.5 Å². The lowest BCUT2D eigenvalue weighted by atomic mass is 9.91. The van der Waals surface area contributed by atoms with Crippen LogP contribution < -0.4 is 19.6 Å². The third-order valence-corrected chi connectivity index (χ3v) is 9.30. The number of nitrogens with zero attached hydrogens (tertiary/aromatic N) is 2. The van der Waals surface area contributed by atoms with Crippen molar-refractivity contribution in [2.24, 2.45) is 4.99 Å². The SMILES string of the molecule is CCOC(=O)C1=C(c2ccccc2)N=c2s/c(=C\c3ccc(OCc4ccc(Br)cc4)cc3)c(=O)n2[C@@H]1c1ccc(C(C)C)cc1. The first-order chi connectivity index (χ1) is 22.3. The fourth-order valence-electron chi connectivity index (χ4n) is 5.38. The molecule has 46 heavy (non-hydrogen) atoms. The van der Waals surface area contributed by atoms with Gasteiger partial charge in [0.15, 0.2) is 4.80 Å². The number of rotatable bonds is 9. The second-order valence-corrected chi connectivity index (χ2v) is 13.2. The Morgan fingerprint density at radius 3 is 2.30 bits per heavy atom. The number of halogens is 1. The van der Waals surface area contributed by atoms with E-state index in [9.17, 15) is 9.59 Å². The highest BCUT2D eigenvalue weighted by Crippen LogP contribution is 2.35. The maximum atomic E-state index is 14.2. The molecule has 0 saturated carbocycles. The van der Waals surface area contributed by atoms with Crippen LogP contribution in [0.4, 0.5) is 0 Å². The molecule has 0 N–H and O–H groups in total. The summed E-state index contributed by atoms with van der Waals surface area (Å²) in [5.41, 5.74) is 5.33. The Morgan fingerprint density at radius 2 is 1.65 bits per heavy atom. The third-order valence-electron chi connectivity index (χ3n) is 7.79. The van der Waals surface area contributed by atoms with Gasteiger partial charge in [-0.1, -0.05) is 120 Å². The molecule has 1 aromatic heterocycles. The van der Waals surface area contributed by atoms with Gasteiger partial charge in [-0.2, -0.15) is 0 Å². The Hall–Kier alpha value is -4.53. The van der Waals surface area contributed by atoms with Crippen LogP contribution in [-0.4, -0.2) is 17.1 Å². The zero-order chi connectivity index (χ0) is 32.2. The highest BCUT2D eigenvalue weighted by atomic mass is 79.9. The van der Waals surface area contributed by atoms with E-state index in [4.69, 9.17) is 14.5 Å². The summed E-state index contributed by atoms with van der Waals surface area (Å²) in [6.07, 6.45) is 1.86. The van der Waals surface area contributed by atoms with Crippen LogP contribution in [0.2, 0.25) is 0 Å². The minimum Gasteiger partial charge on any atom is -0.489 e. The summed E-state index contributed by atoms with van der Waals surface area (Å²) >= 11 is 4.76. The standard InChI is InChI=1S/C38H33BrN2O4S/c1-4-44-37(43)33-34(28-8-6-5-7-9-28)40-38-41(35(33)29-16-14-27(15-17-29)24(2)3)36(42)32(46-38)22-25-12-20-31(21-13-25)45-23-26-10-18-30(39)19-11-26/h5-22,24,35H,4,23H2,1-3H3/b32-22-/t35-/m1/s1. The van der Waals surface area contributed by atoms with Crippen molar-refractivity contribution in [3.05, 3.63) is 161 Å². The van der Waals surface area contributed by atoms with Gasteiger partial charge < -0.3 is 9.47 Å². The molecule has 1 aliphatic heterocycles. The summed E-state index contributed by atoms with van der Waals surface area (Å²) in [5.74, 6) is 0.586. The van der Waals surface area contributed by atoms with Crippen molar-refractivity contribution >= 4 is 45.0 Å². The molecule has 8 heteroatoms. The van der Waals surface area contributed by atoms with E-state index in [-0.39, 0.29) is 12.2 Å². The minimum atomic E-state index is -0.705. The highest BCUT2D eigenvalue weighted by Gasteiger charge is 2.35. The Morgan fingerprint density at radius 1 is 0.957 bits per heavy atom. The van der Waals surface area contributed by atoms with Crippen molar-refractivity contribution in [2.75, 3.05) is 6.61 Å². The van der Waals surface area contributed by atoms with Gasteiger partial charge in [-0.25, -0.2) is 9.79 Å². The van der Waals surface area contributed by atoms with E-state index in [1.165, 1.54) is 16.9 Å². The number of hydrogen-bond acceptors (Lipinski definition) is 6. The lowest BCUT2D eigenvalue weighted by molar-refractivity contribution is -0.138. The van der Waals surface area contributed by atoms with Gasteiger partial charge in [-0.15, -0.1) is 0 Å². The molecule has 0 aliphatic carbocycles. The second-order valence-electron chi connectivity index (χ2n) is 11.2. The normalized spacial score (nSPS) is 14.6. The van der Waals surface area contributed by atoms with E-state index in [2.05, 4.69) is 41.9 Å². The van der Waals surface area contributed by atoms with Crippen LogP contribution in [0, 0.1) is 0 Å². The number of carbonyl (C=O) groups excluding carboxylic acids is 1. The summed E-state index contributed by atoms with van der Waals surface area (Å²) in [6, 6.07) is 32.6. The summed E-state index contributed by atoms with van der Waals surface area (Å²) in [5, 5.41) is 0. The van der Waals surface area contributed by atoms with E-state index >= 15 is 0 Å². The molecular formula is C38H33BrN2O4S. The molecule has 6 rings (SSSR count). The highest BCUT2D eigenvalue weighted by molar-refractivity contribution is 9.10. The van der Waals surface area contributed by atoms with Gasteiger partial charge in [0.25, 0.3) is 5.56 Å². The average Bonchev–Trinajstić information content (AvgIpc) is 3.38. The van der Waals surface area contributed by atoms with Gasteiger partial charge >= 0.3 is 5.97 Å². The lowest BCUT2D eigenvalue weighted by Crippen LogP contribution is -2.40. The van der Waals surface area contributed by atoms with Crippen LogP contribution in [0.25, 0.3) is 11.8 Å². The summed E-state index contributed by atoms with van der Waals surface area (Å²) in [6.45, 7) is 6.71. The Labute approximate surface area is 280 Å². The van der Waals surface area contributed by atoms with Gasteiger partial charge in [0.2, 0.25) is 0 Å². The van der Waals surface area contributed by atoms with Crippen molar-refractivity contribution < 1.29 is 14.3 Å². The van der Waals surface area contributed by atoms with Crippen molar-refractivity contribution in [1.82, 2.24) is 4.57 Å². The average molecular weight is 694 g/mol. The van der Waals surface area contributed by atoms with Crippen LogP contribution in [0.3, 0.4) is 0 Å². The number of hydrogen-bond donors (Lipinski definition) is 0. The molecule has 232 valence electrons. The summed E-state index contributed by atoms with van der Waals surface area (Å²) in [4.78, 5) is 33.3. The Kier molecular flexibility index (Phi) is 9.47. The van der Waals surface area contributed by atoms with Crippen molar-refractivity contribution in [3.63, 3.8) is 0 Å². The molecule has 0 saturated heterocycles. The first kappa shape index (κ1) is 31.5. The molecule has 0 radical (unpaired) electrons. The van der Waals surface area contributed by atoms with Gasteiger partial charge in [0.05, 0.1) is 28.5 Å². The first-order valence-electron chi connectivity index (χ1n) is 15.2. The second kappa shape index (κ2) is 13.8. The number of carbonyl (C=O) groups is 1. The predicted molar refractivity (Wildman–Crippen MR) is 187 cm³/mol. The van der Waals surface area contributed by atoms with E-state index < -0.39 is 12.0 Å². The quantitative estimate of drug-likeness (QED) is 0.151. The molecule has 0 bridgehead atoms. The molecule has 6 nitrogen and oxygen atoms in total. The fourth-order valence-corrected chi connectivity index (χ4v) is 6.64. The van der Waals surface area contributed by atoms with E-state index in [0.29, 0.717) is 33.1 Å². The number of esters is 1. The zero-order valence-electron chi connectivity index (χ0n) is 25.8. The molecule has 5 aromatic rings. The first-order valence-corrected chi connectivity index (χ1v) is 16.8. The molecule has 0 fully saturated rings. The molecule has 0 spiro atoms. The van der Waals surface area contributed by atoms with Crippen LogP contribution in [-0.2, 0) is 16.1 Å². The van der Waals surface area contributed by atoms with Crippen LogP contribution >= 0.6 is 27.3 Å². The Balaban J connectivity index is 1.43. The number of aromatic nitrogens is 1. The largest absolute Gasteiger partial charge is 0.489 e. The number of thiazole rings is 1. The van der Waals surface area contributed by atoms with Crippen molar-refractivity contribution in [1.29, 1.82) is 0 Å². The summed E-state index contributed by atoms with van der Waals surface area (Å²) < 4.78 is 14.7. The number of ether oxygens (including phenoxy) is 2. The maximum absolute atomic E-state index is 14.2. The van der Waals surface area contributed by atoms with Crippen LogP contribution in [0.5, 0.6) is 5.75 Å². The zero-order valence-corrected chi connectivity index (χ0v) is 28.2. The topological polar surface area (TPSA) is 69.9 Å². The predicted octanol–water partition coefficient (Wildman–Crippen LogP) is 7.40. The van der Waals surface area contributed by atoms with Crippen molar-refractivity contribution in [3.8, 4) is 5.75 Å². The third kappa shape index (κ3) is 6.69. The molecule has 0 unspecified atom stereocenters. The molecule has 1 atom stereocenters. The van der Waals surface area contributed by atoms with Gasteiger partial charge in [0, 0.05) is 10.0 Å². The molecular weight excluding hydrogens is 660 g/mol. The molecule has 0 amide bonds. The van der Waals surface area contributed by atoms with E-state index in [1.807, 2.05) is 97.1 Å². The molecule has 1 aliphatic rings. The van der Waals surface area contributed by atoms with Crippen LogP contribution in [0.15, 0.2) is 123 Å². The minimum absolute atomic E-state index is 0.205. The fraction of sp³-hybridized carbons (Fsp3) is 0.184. The lowest BCUT2D eigenvalue weighted by Gasteiger charge is -2.26. The Bertz CT molecular complexity index is 2060. The molecule has 2 heterocycles. The number of fused-ring (bicyclic) bond motifs is 1. The monoisotopic (exact) mass is 692 g/mol. The van der Waals surface area contributed by atoms with Crippen molar-refractivity contribution in [2.45, 2.75) is 39.3 Å². The number of benzene rings is 4. The van der Waals surface area contributed by atoms with Gasteiger partial charge in [-0.3, -0.25) is 9.36 Å². The smallest absolute Gasteiger partial charge is 0.338 e. The maximum Gasteiger partial charge on any atom is 0.338 e. The van der Waals surface area contributed by atoms with Gasteiger partial charge in [-0.05, 0) is 65.4 Å². The summed E-state index contributed by atoms with van der Waals surface area (Å²) in [7, 11) is 0. The van der Waals surface area contributed by atoms with E-state index in [1.54, 1.807) is 11.5 Å². The van der Waals surface area contributed by atoms with Gasteiger partial charge in [0.1, 0.15) is 12.4 Å².